The van der Waals surface area contributed by atoms with Gasteiger partial charge >= 0.3 is 0 Å². The van der Waals surface area contributed by atoms with Crippen LogP contribution >= 0.6 is 0 Å². The van der Waals surface area contributed by atoms with Crippen LogP contribution in [0.15, 0.2) is 30.3 Å². The molecular formula is C17H27N3. The van der Waals surface area contributed by atoms with Gasteiger partial charge in [0, 0.05) is 32.1 Å². The summed E-state index contributed by atoms with van der Waals surface area (Å²) in [4.78, 5) is 2.64. The van der Waals surface area contributed by atoms with E-state index >= 15 is 0 Å². The Hall–Kier alpha value is -0.900. The molecule has 110 valence electrons. The molecule has 2 fully saturated rings. The van der Waals surface area contributed by atoms with Crippen LogP contribution in [-0.2, 0) is 0 Å². The quantitative estimate of drug-likeness (QED) is 0.876. The van der Waals surface area contributed by atoms with Gasteiger partial charge in [-0.3, -0.25) is 0 Å². The van der Waals surface area contributed by atoms with E-state index in [9.17, 15) is 0 Å². The number of nitrogens with zero attached hydrogens (tertiary/aromatic N) is 1. The molecule has 0 spiro atoms. The average Bonchev–Trinajstić information content (AvgIpc) is 3.06. The standard InChI is InChI=1S/C17H27N3/c1-17(7-8-19-12-17)13-20-10-15(9-18)16(11-20)14-5-3-2-4-6-14/h2-6,15-16,19H,7-13,18H2,1H3/t15-,16+,17?/m1/s1. The number of nitrogens with one attached hydrogen (secondary N) is 1. The lowest BCUT2D eigenvalue weighted by Gasteiger charge is -2.29. The van der Waals surface area contributed by atoms with Gasteiger partial charge < -0.3 is 16.0 Å². The first kappa shape index (κ1) is 14.1. The molecular weight excluding hydrogens is 246 g/mol. The fraction of sp³-hybridized carbons (Fsp3) is 0.647. The fourth-order valence-corrected chi connectivity index (χ4v) is 3.95. The van der Waals surface area contributed by atoms with Crippen molar-refractivity contribution >= 4 is 0 Å². The van der Waals surface area contributed by atoms with Crippen LogP contribution < -0.4 is 11.1 Å². The topological polar surface area (TPSA) is 41.3 Å². The van der Waals surface area contributed by atoms with Crippen LogP contribution in [-0.4, -0.2) is 44.2 Å². The fourth-order valence-electron chi connectivity index (χ4n) is 3.95. The van der Waals surface area contributed by atoms with Crippen molar-refractivity contribution in [3.8, 4) is 0 Å². The van der Waals surface area contributed by atoms with Gasteiger partial charge in [-0.2, -0.15) is 0 Å². The van der Waals surface area contributed by atoms with Gasteiger partial charge in [0.1, 0.15) is 0 Å². The first-order valence-corrected chi connectivity index (χ1v) is 7.88. The lowest BCUT2D eigenvalue weighted by molar-refractivity contribution is 0.203. The Morgan fingerprint density at radius 2 is 2.10 bits per heavy atom. The van der Waals surface area contributed by atoms with Gasteiger partial charge in [0.15, 0.2) is 0 Å². The molecule has 2 heterocycles. The van der Waals surface area contributed by atoms with E-state index < -0.39 is 0 Å². The predicted octanol–water partition coefficient (Wildman–Crippen LogP) is 1.66. The molecule has 3 N–H and O–H groups in total. The van der Waals surface area contributed by atoms with Crippen LogP contribution in [0.1, 0.15) is 24.8 Å². The summed E-state index contributed by atoms with van der Waals surface area (Å²) in [6, 6.07) is 10.9. The highest BCUT2D eigenvalue weighted by Gasteiger charge is 2.37. The summed E-state index contributed by atoms with van der Waals surface area (Å²) in [5.41, 5.74) is 7.93. The maximum atomic E-state index is 6.03. The molecule has 0 saturated carbocycles. The van der Waals surface area contributed by atoms with E-state index in [-0.39, 0.29) is 0 Å². The maximum Gasteiger partial charge on any atom is 0.00543 e. The third-order valence-corrected chi connectivity index (χ3v) is 5.11. The Bertz CT molecular complexity index is 425. The number of likely N-dealkylation sites (tertiary alicyclic amines) is 1. The minimum Gasteiger partial charge on any atom is -0.330 e. The summed E-state index contributed by atoms with van der Waals surface area (Å²) in [5, 5.41) is 3.50. The summed E-state index contributed by atoms with van der Waals surface area (Å²) in [5.74, 6) is 1.22. The van der Waals surface area contributed by atoms with Crippen LogP contribution in [0.3, 0.4) is 0 Å². The van der Waals surface area contributed by atoms with Crippen LogP contribution in [0.5, 0.6) is 0 Å². The number of hydrogen-bond donors (Lipinski definition) is 2. The van der Waals surface area contributed by atoms with E-state index in [4.69, 9.17) is 5.73 Å². The van der Waals surface area contributed by atoms with E-state index in [1.165, 1.54) is 31.6 Å². The molecule has 2 aliphatic rings. The molecule has 0 bridgehead atoms. The minimum atomic E-state index is 0.449. The summed E-state index contributed by atoms with van der Waals surface area (Å²) < 4.78 is 0. The molecule has 2 saturated heterocycles. The van der Waals surface area contributed by atoms with Gasteiger partial charge in [0.25, 0.3) is 0 Å². The van der Waals surface area contributed by atoms with Crippen molar-refractivity contribution in [2.75, 3.05) is 39.3 Å². The third kappa shape index (κ3) is 2.90. The Morgan fingerprint density at radius 1 is 1.30 bits per heavy atom. The highest BCUT2D eigenvalue weighted by molar-refractivity contribution is 5.22. The van der Waals surface area contributed by atoms with Crippen molar-refractivity contribution in [1.82, 2.24) is 10.2 Å². The first-order chi connectivity index (χ1) is 9.70. The second kappa shape index (κ2) is 5.84. The molecule has 0 radical (unpaired) electrons. The van der Waals surface area contributed by atoms with Crippen LogP contribution in [0.2, 0.25) is 0 Å². The average molecular weight is 273 g/mol. The lowest BCUT2D eigenvalue weighted by Crippen LogP contribution is -2.36. The minimum absolute atomic E-state index is 0.449. The van der Waals surface area contributed by atoms with Gasteiger partial charge in [-0.1, -0.05) is 37.3 Å². The zero-order valence-electron chi connectivity index (χ0n) is 12.5. The Morgan fingerprint density at radius 3 is 2.75 bits per heavy atom. The predicted molar refractivity (Wildman–Crippen MR) is 83.8 cm³/mol. The Labute approximate surface area is 122 Å². The first-order valence-electron chi connectivity index (χ1n) is 7.88. The smallest absolute Gasteiger partial charge is 0.00543 e. The van der Waals surface area contributed by atoms with Crippen molar-refractivity contribution in [3.05, 3.63) is 35.9 Å². The zero-order chi connectivity index (χ0) is 14.0. The van der Waals surface area contributed by atoms with E-state index in [1.54, 1.807) is 0 Å². The third-order valence-electron chi connectivity index (χ3n) is 5.11. The summed E-state index contributed by atoms with van der Waals surface area (Å²) in [6.07, 6.45) is 1.30. The van der Waals surface area contributed by atoms with Crippen molar-refractivity contribution < 1.29 is 0 Å². The van der Waals surface area contributed by atoms with Crippen molar-refractivity contribution in [2.45, 2.75) is 19.3 Å². The molecule has 3 rings (SSSR count). The normalized spacial score (nSPS) is 34.7. The SMILES string of the molecule is CC1(CN2C[C@@H](CN)[C@H](c3ccccc3)C2)CCNC1. The molecule has 0 aromatic heterocycles. The summed E-state index contributed by atoms with van der Waals surface area (Å²) in [6.45, 7) is 9.08. The molecule has 0 amide bonds. The second-order valence-corrected chi connectivity index (χ2v) is 6.94. The number of hydrogen-bond acceptors (Lipinski definition) is 3. The molecule has 3 heteroatoms. The van der Waals surface area contributed by atoms with Gasteiger partial charge in [0.2, 0.25) is 0 Å². The monoisotopic (exact) mass is 273 g/mol. The highest BCUT2D eigenvalue weighted by atomic mass is 15.2. The van der Waals surface area contributed by atoms with Crippen LogP contribution in [0.25, 0.3) is 0 Å². The van der Waals surface area contributed by atoms with Crippen LogP contribution in [0, 0.1) is 11.3 Å². The molecule has 20 heavy (non-hydrogen) atoms. The summed E-state index contributed by atoms with van der Waals surface area (Å²) >= 11 is 0. The molecule has 3 nitrogen and oxygen atoms in total. The molecule has 1 aromatic carbocycles. The van der Waals surface area contributed by atoms with E-state index in [1.807, 2.05) is 0 Å². The van der Waals surface area contributed by atoms with Crippen LogP contribution in [0.4, 0.5) is 0 Å². The van der Waals surface area contributed by atoms with Gasteiger partial charge in [0.05, 0.1) is 0 Å². The largest absolute Gasteiger partial charge is 0.330 e. The lowest BCUT2D eigenvalue weighted by atomic mass is 9.89. The number of benzene rings is 1. The van der Waals surface area contributed by atoms with E-state index in [2.05, 4.69) is 47.5 Å². The molecule has 3 atom stereocenters. The highest BCUT2D eigenvalue weighted by Crippen LogP contribution is 2.35. The van der Waals surface area contributed by atoms with Crippen molar-refractivity contribution in [1.29, 1.82) is 0 Å². The van der Waals surface area contributed by atoms with Gasteiger partial charge in [-0.05, 0) is 36.4 Å². The van der Waals surface area contributed by atoms with Crippen molar-refractivity contribution in [2.24, 2.45) is 17.1 Å². The Kier molecular flexibility index (Phi) is 4.11. The van der Waals surface area contributed by atoms with E-state index in [0.29, 0.717) is 17.3 Å². The second-order valence-electron chi connectivity index (χ2n) is 6.94. The van der Waals surface area contributed by atoms with Gasteiger partial charge in [-0.25, -0.2) is 0 Å². The van der Waals surface area contributed by atoms with Gasteiger partial charge in [-0.15, -0.1) is 0 Å². The molecule has 2 aliphatic heterocycles. The van der Waals surface area contributed by atoms with E-state index in [0.717, 1.165) is 19.6 Å². The van der Waals surface area contributed by atoms with Crippen molar-refractivity contribution in [3.63, 3.8) is 0 Å². The molecule has 0 aliphatic carbocycles. The number of rotatable bonds is 4. The number of nitrogens with two attached hydrogens (primary N) is 1. The maximum absolute atomic E-state index is 6.03. The molecule has 1 unspecified atom stereocenters. The Balaban J connectivity index is 1.68. The zero-order valence-corrected chi connectivity index (χ0v) is 12.5. The summed E-state index contributed by atoms with van der Waals surface area (Å²) in [7, 11) is 0. The molecule has 1 aromatic rings.